The van der Waals surface area contributed by atoms with Crippen molar-refractivity contribution < 1.29 is 22.4 Å². The smallest absolute Gasteiger partial charge is 0.259 e. The molecule has 33 heavy (non-hydrogen) atoms. The van der Waals surface area contributed by atoms with Gasteiger partial charge in [0.1, 0.15) is 5.82 Å². The van der Waals surface area contributed by atoms with Crippen molar-refractivity contribution in [3.8, 4) is 11.3 Å². The maximum absolute atomic E-state index is 14.8. The molecule has 2 aliphatic rings. The Kier molecular flexibility index (Phi) is 4.21. The van der Waals surface area contributed by atoms with Gasteiger partial charge in [0.25, 0.3) is 5.91 Å². The van der Waals surface area contributed by atoms with Crippen LogP contribution < -0.4 is 0 Å². The molecule has 2 atom stereocenters. The van der Waals surface area contributed by atoms with Crippen molar-refractivity contribution in [2.45, 2.75) is 31.3 Å². The Bertz CT molecular complexity index is 1430. The summed E-state index contributed by atoms with van der Waals surface area (Å²) in [5.41, 5.74) is 2.52. The van der Waals surface area contributed by atoms with Gasteiger partial charge in [0, 0.05) is 35.8 Å². The van der Waals surface area contributed by atoms with Crippen molar-refractivity contribution in [1.29, 1.82) is 0 Å². The monoisotopic (exact) mass is 454 g/mol. The summed E-state index contributed by atoms with van der Waals surface area (Å²) < 4.78 is 57.6. The number of aromatic nitrogens is 3. The van der Waals surface area contributed by atoms with Gasteiger partial charge < -0.3 is 9.88 Å². The van der Waals surface area contributed by atoms with Gasteiger partial charge in [0.2, 0.25) is 0 Å². The number of benzene rings is 2. The van der Waals surface area contributed by atoms with Gasteiger partial charge in [-0.15, -0.1) is 0 Å². The first-order valence-corrected chi connectivity index (χ1v) is 10.6. The summed E-state index contributed by atoms with van der Waals surface area (Å²) in [6.07, 6.45) is 3.41. The molecule has 0 radical (unpaired) electrons. The number of hydrogen-bond donors (Lipinski definition) is 1. The average Bonchev–Trinajstić information content (AvgIpc) is 3.46. The van der Waals surface area contributed by atoms with E-state index in [1.54, 1.807) is 30.3 Å². The van der Waals surface area contributed by atoms with Crippen molar-refractivity contribution in [3.63, 3.8) is 0 Å². The second kappa shape index (κ2) is 6.94. The van der Waals surface area contributed by atoms with Crippen LogP contribution in [0, 0.1) is 23.3 Å². The quantitative estimate of drug-likeness (QED) is 0.341. The zero-order valence-electron chi connectivity index (χ0n) is 17.5. The number of nitrogens with one attached hydrogen (secondary N) is 1. The first kappa shape index (κ1) is 20.0. The molecule has 0 unspecified atom stereocenters. The van der Waals surface area contributed by atoms with Crippen LogP contribution in [0.15, 0.2) is 36.5 Å². The fourth-order valence-corrected chi connectivity index (χ4v) is 5.45. The molecular formula is C24H18F4N4O. The highest BCUT2D eigenvalue weighted by atomic mass is 19.2. The molecule has 5 nitrogen and oxygen atoms in total. The minimum Gasteiger partial charge on any atom is -0.360 e. The van der Waals surface area contributed by atoms with E-state index < -0.39 is 29.2 Å². The predicted molar refractivity (Wildman–Crippen MR) is 112 cm³/mol. The van der Waals surface area contributed by atoms with Crippen molar-refractivity contribution in [2.24, 2.45) is 7.05 Å². The summed E-state index contributed by atoms with van der Waals surface area (Å²) in [6, 6.07) is 6.00. The minimum atomic E-state index is -1.52. The van der Waals surface area contributed by atoms with Crippen LogP contribution >= 0.6 is 0 Å². The zero-order valence-corrected chi connectivity index (χ0v) is 17.5. The lowest BCUT2D eigenvalue weighted by molar-refractivity contribution is 0.0639. The molecule has 2 bridgehead atoms. The summed E-state index contributed by atoms with van der Waals surface area (Å²) in [6.45, 7) is 0. The Labute approximate surface area is 185 Å². The van der Waals surface area contributed by atoms with E-state index in [4.69, 9.17) is 0 Å². The number of hydrogen-bond acceptors (Lipinski definition) is 2. The maximum atomic E-state index is 14.8. The van der Waals surface area contributed by atoms with Gasteiger partial charge in [-0.1, -0.05) is 0 Å². The molecular weight excluding hydrogens is 436 g/mol. The molecule has 0 aliphatic carbocycles. The van der Waals surface area contributed by atoms with E-state index in [2.05, 4.69) is 10.1 Å². The average molecular weight is 454 g/mol. The number of nitrogens with zero attached hydrogens (tertiary/aromatic N) is 3. The van der Waals surface area contributed by atoms with Gasteiger partial charge >= 0.3 is 0 Å². The second-order valence-electron chi connectivity index (χ2n) is 8.62. The van der Waals surface area contributed by atoms with Crippen LogP contribution in [0.5, 0.6) is 0 Å². The molecule has 4 heterocycles. The van der Waals surface area contributed by atoms with Crippen LogP contribution in [0.3, 0.4) is 0 Å². The zero-order chi connectivity index (χ0) is 23.0. The predicted octanol–water partition coefficient (Wildman–Crippen LogP) is 5.03. The number of fused-ring (bicyclic) bond motifs is 5. The lowest BCUT2D eigenvalue weighted by atomic mass is 9.93. The Morgan fingerprint density at radius 2 is 1.82 bits per heavy atom. The summed E-state index contributed by atoms with van der Waals surface area (Å²) in [5, 5.41) is 5.31. The SMILES string of the molecule is Cn1nc2c(c1-c1cc(F)c(F)c(F)c1)C[C@H]1CC[C@H]2N1C(=O)c1c(F)ccc2cc[nH]c12. The third kappa shape index (κ3) is 2.77. The molecule has 9 heteroatoms. The van der Waals surface area contributed by atoms with Gasteiger partial charge in [-0.25, -0.2) is 17.6 Å². The molecule has 0 spiro atoms. The molecule has 6 rings (SSSR count). The van der Waals surface area contributed by atoms with Crippen LogP contribution in [0.4, 0.5) is 17.6 Å². The van der Waals surface area contributed by atoms with E-state index in [0.717, 1.165) is 23.1 Å². The highest BCUT2D eigenvalue weighted by Crippen LogP contribution is 2.47. The summed E-state index contributed by atoms with van der Waals surface area (Å²) >= 11 is 0. The number of carbonyl (C=O) groups is 1. The number of aromatic amines is 1. The molecule has 168 valence electrons. The second-order valence-corrected chi connectivity index (χ2v) is 8.62. The lowest BCUT2D eigenvalue weighted by Crippen LogP contribution is -2.42. The van der Waals surface area contributed by atoms with E-state index in [9.17, 15) is 22.4 Å². The molecule has 1 fully saturated rings. The first-order valence-electron chi connectivity index (χ1n) is 10.6. The summed E-state index contributed by atoms with van der Waals surface area (Å²) in [4.78, 5) is 18.2. The number of carbonyl (C=O) groups excluding carboxylic acids is 1. The van der Waals surface area contributed by atoms with Crippen LogP contribution in [0.25, 0.3) is 22.2 Å². The Hall–Kier alpha value is -3.62. The van der Waals surface area contributed by atoms with Gasteiger partial charge in [-0.3, -0.25) is 9.48 Å². The maximum Gasteiger partial charge on any atom is 0.259 e. The number of aryl methyl sites for hydroxylation is 1. The van der Waals surface area contributed by atoms with Gasteiger partial charge in [0.05, 0.1) is 28.5 Å². The van der Waals surface area contributed by atoms with Gasteiger partial charge in [0.15, 0.2) is 17.5 Å². The third-order valence-electron chi connectivity index (χ3n) is 6.82. The Balaban J connectivity index is 1.45. The molecule has 1 saturated heterocycles. The first-order chi connectivity index (χ1) is 15.8. The van der Waals surface area contributed by atoms with E-state index in [1.807, 2.05) is 0 Å². The molecule has 2 aromatic carbocycles. The number of H-pyrrole nitrogens is 1. The van der Waals surface area contributed by atoms with Gasteiger partial charge in [-0.2, -0.15) is 5.10 Å². The van der Waals surface area contributed by atoms with Gasteiger partial charge in [-0.05, 0) is 49.6 Å². The fourth-order valence-electron chi connectivity index (χ4n) is 5.45. The normalized spacial score (nSPS) is 19.4. The molecule has 4 aromatic rings. The number of amides is 1. The molecule has 2 aliphatic heterocycles. The van der Waals surface area contributed by atoms with Crippen molar-refractivity contribution >= 4 is 16.8 Å². The van der Waals surface area contributed by atoms with Crippen molar-refractivity contribution in [1.82, 2.24) is 19.7 Å². The van der Waals surface area contributed by atoms with Crippen LogP contribution in [0.1, 0.15) is 40.5 Å². The van der Waals surface area contributed by atoms with Crippen LogP contribution in [-0.4, -0.2) is 31.6 Å². The molecule has 2 aromatic heterocycles. The molecule has 1 N–H and O–H groups in total. The standard InChI is InChI=1S/C24H18F4N4O/c1-31-23(12-8-16(26)20(28)17(27)9-12)14-10-13-3-5-18(22(14)30-31)32(13)24(33)19-15(25)4-2-11-6-7-29-21(11)19/h2,4,6-9,13,18,29H,3,5,10H2,1H3/t13-,18-/m1/s1. The number of halogens is 4. The van der Waals surface area contributed by atoms with E-state index in [1.165, 1.54) is 10.7 Å². The van der Waals surface area contributed by atoms with Crippen LogP contribution in [-0.2, 0) is 13.5 Å². The largest absolute Gasteiger partial charge is 0.360 e. The van der Waals surface area contributed by atoms with E-state index >= 15 is 0 Å². The Morgan fingerprint density at radius 1 is 1.06 bits per heavy atom. The third-order valence-corrected chi connectivity index (χ3v) is 6.82. The molecule has 1 amide bonds. The Morgan fingerprint density at radius 3 is 2.58 bits per heavy atom. The topological polar surface area (TPSA) is 53.9 Å². The number of rotatable bonds is 2. The van der Waals surface area contributed by atoms with E-state index in [0.29, 0.717) is 36.2 Å². The van der Waals surface area contributed by atoms with Crippen LogP contribution in [0.2, 0.25) is 0 Å². The van der Waals surface area contributed by atoms with E-state index in [-0.39, 0.29) is 23.2 Å². The fraction of sp³-hybridized carbons (Fsp3) is 0.250. The minimum absolute atomic E-state index is 0.00307. The summed E-state index contributed by atoms with van der Waals surface area (Å²) in [7, 11) is 1.64. The highest BCUT2D eigenvalue weighted by Gasteiger charge is 2.46. The van der Waals surface area contributed by atoms with Crippen molar-refractivity contribution in [3.05, 3.63) is 76.6 Å². The molecule has 0 saturated carbocycles. The summed E-state index contributed by atoms with van der Waals surface area (Å²) in [5.74, 6) is -5.08. The van der Waals surface area contributed by atoms with Crippen molar-refractivity contribution in [2.75, 3.05) is 0 Å². The lowest BCUT2D eigenvalue weighted by Gasteiger charge is -2.34. The highest BCUT2D eigenvalue weighted by molar-refractivity contribution is 6.06.